The molecule has 0 bridgehead atoms. The highest BCUT2D eigenvalue weighted by Crippen LogP contribution is 2.65. The SMILES string of the molecule is CC(=O)OC(c1ccccc1)[C@@H](NC(=O)N[C@H](C(=O)N1C[C@H]2[C@@H]([C@H]1C(=O)NC(CC1CC1)C(=O)C(N)=O)C2(C)C)C(C)(C)C)C(C)C. The predicted octanol–water partition coefficient (Wildman–Crippen LogP) is 2.85. The average Bonchev–Trinajstić information content (AvgIpc) is 3.83. The van der Waals surface area contributed by atoms with Crippen LogP contribution in [-0.2, 0) is 28.7 Å². The maximum atomic E-state index is 14.3. The quantitative estimate of drug-likeness (QED) is 0.187. The Morgan fingerprint density at radius 2 is 1.62 bits per heavy atom. The number of hydrogen-bond acceptors (Lipinski definition) is 7. The number of Topliss-reactive ketones (excluding diaryl/α,β-unsaturated/α-hetero) is 1. The van der Waals surface area contributed by atoms with Crippen molar-refractivity contribution in [3.05, 3.63) is 35.9 Å². The van der Waals surface area contributed by atoms with Gasteiger partial charge in [-0.3, -0.25) is 24.0 Å². The molecule has 1 aliphatic heterocycles. The van der Waals surface area contributed by atoms with Crippen LogP contribution >= 0.6 is 0 Å². The summed E-state index contributed by atoms with van der Waals surface area (Å²) in [4.78, 5) is 79.9. The Bertz CT molecular complexity index is 1380. The van der Waals surface area contributed by atoms with Crippen molar-refractivity contribution >= 4 is 35.5 Å². The van der Waals surface area contributed by atoms with Crippen LogP contribution in [0.5, 0.6) is 0 Å². The van der Waals surface area contributed by atoms with Gasteiger partial charge in [0.15, 0.2) is 0 Å². The molecule has 3 aliphatic rings. The van der Waals surface area contributed by atoms with E-state index in [2.05, 4.69) is 16.0 Å². The van der Waals surface area contributed by atoms with Crippen molar-refractivity contribution in [3.8, 4) is 0 Å². The van der Waals surface area contributed by atoms with Crippen LogP contribution in [0.3, 0.4) is 0 Å². The van der Waals surface area contributed by atoms with Crippen LogP contribution in [0.4, 0.5) is 4.79 Å². The third-order valence-electron chi connectivity index (χ3n) is 10.1. The summed E-state index contributed by atoms with van der Waals surface area (Å²) in [5.41, 5.74) is 5.07. The minimum absolute atomic E-state index is 0.0612. The van der Waals surface area contributed by atoms with Gasteiger partial charge in [0.2, 0.25) is 17.6 Å². The Labute approximate surface area is 277 Å². The van der Waals surface area contributed by atoms with Gasteiger partial charge in [-0.2, -0.15) is 0 Å². The number of fused-ring (bicyclic) bond motifs is 1. The predicted molar refractivity (Wildman–Crippen MR) is 174 cm³/mol. The summed E-state index contributed by atoms with van der Waals surface area (Å²) in [5.74, 6) is -3.37. The number of carbonyl (C=O) groups excluding carboxylic acids is 6. The van der Waals surface area contributed by atoms with Crippen molar-refractivity contribution < 1.29 is 33.5 Å². The number of rotatable bonds is 13. The molecule has 2 aliphatic carbocycles. The summed E-state index contributed by atoms with van der Waals surface area (Å²) in [5, 5.41) is 8.58. The van der Waals surface area contributed by atoms with Crippen LogP contribution in [0.2, 0.25) is 0 Å². The molecule has 2 unspecified atom stereocenters. The molecule has 47 heavy (non-hydrogen) atoms. The first-order valence-corrected chi connectivity index (χ1v) is 16.6. The number of nitrogens with two attached hydrogens (primary N) is 1. The summed E-state index contributed by atoms with van der Waals surface area (Å²) in [6, 6.07) is 4.94. The summed E-state index contributed by atoms with van der Waals surface area (Å²) < 4.78 is 5.68. The summed E-state index contributed by atoms with van der Waals surface area (Å²) in [7, 11) is 0. The van der Waals surface area contributed by atoms with E-state index in [9.17, 15) is 28.8 Å². The van der Waals surface area contributed by atoms with Gasteiger partial charge < -0.3 is 31.3 Å². The molecule has 2 saturated carbocycles. The zero-order valence-corrected chi connectivity index (χ0v) is 28.8. The minimum Gasteiger partial charge on any atom is -0.455 e. The number of benzene rings is 1. The lowest BCUT2D eigenvalue weighted by molar-refractivity contribution is -0.148. The van der Waals surface area contributed by atoms with E-state index in [0.29, 0.717) is 18.5 Å². The maximum absolute atomic E-state index is 14.3. The maximum Gasteiger partial charge on any atom is 0.315 e. The zero-order chi connectivity index (χ0) is 35.0. The van der Waals surface area contributed by atoms with E-state index in [1.54, 1.807) is 0 Å². The Hall–Kier alpha value is -3.96. The van der Waals surface area contributed by atoms with Crippen molar-refractivity contribution in [3.63, 3.8) is 0 Å². The lowest BCUT2D eigenvalue weighted by Gasteiger charge is -2.38. The van der Waals surface area contributed by atoms with Gasteiger partial charge in [0.25, 0.3) is 5.91 Å². The molecule has 1 aromatic carbocycles. The molecule has 3 fully saturated rings. The van der Waals surface area contributed by atoms with E-state index in [0.717, 1.165) is 12.8 Å². The molecule has 5 amide bonds. The first kappa shape index (κ1) is 35.9. The first-order chi connectivity index (χ1) is 21.8. The smallest absolute Gasteiger partial charge is 0.315 e. The fourth-order valence-corrected chi connectivity index (χ4v) is 7.06. The van der Waals surface area contributed by atoms with E-state index < -0.39 is 71.2 Å². The van der Waals surface area contributed by atoms with Gasteiger partial charge in [-0.25, -0.2) is 4.79 Å². The average molecular weight is 654 g/mol. The second-order valence-electron chi connectivity index (χ2n) is 15.5. The fourth-order valence-electron chi connectivity index (χ4n) is 7.06. The van der Waals surface area contributed by atoms with Crippen molar-refractivity contribution in [1.29, 1.82) is 0 Å². The molecular weight excluding hydrogens is 602 g/mol. The summed E-state index contributed by atoms with van der Waals surface area (Å²) in [6.07, 6.45) is 1.38. The van der Waals surface area contributed by atoms with Gasteiger partial charge >= 0.3 is 12.0 Å². The number of piperidine rings is 1. The number of nitrogens with zero attached hydrogens (tertiary/aromatic N) is 1. The zero-order valence-electron chi connectivity index (χ0n) is 28.8. The van der Waals surface area contributed by atoms with Crippen LogP contribution in [0, 0.1) is 34.5 Å². The van der Waals surface area contributed by atoms with Crippen molar-refractivity contribution in [2.24, 2.45) is 40.2 Å². The molecule has 0 aromatic heterocycles. The molecule has 12 heteroatoms. The Morgan fingerprint density at radius 3 is 2.13 bits per heavy atom. The molecule has 1 aromatic rings. The molecule has 1 heterocycles. The lowest BCUT2D eigenvalue weighted by atomic mass is 9.85. The summed E-state index contributed by atoms with van der Waals surface area (Å²) in [6.45, 7) is 15.0. The van der Waals surface area contributed by atoms with Crippen LogP contribution < -0.4 is 21.7 Å². The minimum atomic E-state index is -1.11. The first-order valence-electron chi connectivity index (χ1n) is 16.6. The van der Waals surface area contributed by atoms with Gasteiger partial charge in [0.05, 0.1) is 12.1 Å². The number of urea groups is 1. The second-order valence-corrected chi connectivity index (χ2v) is 15.5. The molecule has 0 radical (unpaired) electrons. The second kappa shape index (κ2) is 13.6. The molecular formula is C35H51N5O7. The van der Waals surface area contributed by atoms with Crippen LogP contribution in [0.15, 0.2) is 30.3 Å². The Morgan fingerprint density at radius 1 is 1.00 bits per heavy atom. The number of primary amides is 1. The van der Waals surface area contributed by atoms with Gasteiger partial charge in [-0.1, -0.05) is 91.6 Å². The highest BCUT2D eigenvalue weighted by atomic mass is 16.5. The highest BCUT2D eigenvalue weighted by Gasteiger charge is 2.70. The van der Waals surface area contributed by atoms with E-state index in [1.807, 2.05) is 78.8 Å². The van der Waals surface area contributed by atoms with Gasteiger partial charge in [0.1, 0.15) is 18.2 Å². The van der Waals surface area contributed by atoms with Gasteiger partial charge in [-0.15, -0.1) is 0 Å². The van der Waals surface area contributed by atoms with E-state index in [4.69, 9.17) is 10.5 Å². The van der Waals surface area contributed by atoms with Crippen LogP contribution in [0.25, 0.3) is 0 Å². The van der Waals surface area contributed by atoms with Crippen molar-refractivity contribution in [2.45, 2.75) is 105 Å². The van der Waals surface area contributed by atoms with Crippen molar-refractivity contribution in [1.82, 2.24) is 20.9 Å². The summed E-state index contributed by atoms with van der Waals surface area (Å²) >= 11 is 0. The van der Waals surface area contributed by atoms with Crippen LogP contribution in [0.1, 0.15) is 86.3 Å². The molecule has 4 rings (SSSR count). The molecule has 7 atom stereocenters. The highest BCUT2D eigenvalue weighted by molar-refractivity contribution is 6.37. The van der Waals surface area contributed by atoms with E-state index in [1.165, 1.54) is 11.8 Å². The number of ether oxygens (including phenoxy) is 1. The third-order valence-corrected chi connectivity index (χ3v) is 10.1. The number of esters is 1. The standard InChI is InChI=1S/C35H51N5O7/c1-18(2)25(28(47-19(3)41)21-12-10-9-11-13-21)38-33(46)39-29(34(4,5)6)32(45)40-17-22-24(35(22,7)8)26(40)31(44)37-23(16-20-14-15-20)27(42)30(36)43/h9-13,18,20,22-26,28-29H,14-17H2,1-8H3,(H2,36,43)(H,37,44)(H2,38,39,46)/t22-,23?,24-,25-,26-,28?,29+/m0/s1. The van der Waals surface area contributed by atoms with E-state index in [-0.39, 0.29) is 29.1 Å². The third kappa shape index (κ3) is 8.13. The number of ketones is 1. The normalized spacial score (nSPS) is 23.9. The molecule has 12 nitrogen and oxygen atoms in total. The Balaban J connectivity index is 1.55. The number of likely N-dealkylation sites (tertiary alicyclic amines) is 1. The van der Waals surface area contributed by atoms with Crippen LogP contribution in [-0.4, -0.2) is 71.1 Å². The Kier molecular flexibility index (Phi) is 10.4. The largest absolute Gasteiger partial charge is 0.455 e. The van der Waals surface area contributed by atoms with Gasteiger partial charge in [-0.05, 0) is 46.5 Å². The number of nitrogens with one attached hydrogen (secondary N) is 3. The number of carbonyl (C=O) groups is 6. The molecule has 1 saturated heterocycles. The fraction of sp³-hybridized carbons (Fsp3) is 0.657. The lowest BCUT2D eigenvalue weighted by Crippen LogP contribution is -2.62. The number of hydrogen-bond donors (Lipinski definition) is 4. The topological polar surface area (TPSA) is 177 Å². The molecule has 0 spiro atoms. The molecule has 5 N–H and O–H groups in total. The monoisotopic (exact) mass is 653 g/mol. The van der Waals surface area contributed by atoms with Crippen molar-refractivity contribution in [2.75, 3.05) is 6.54 Å². The molecule has 258 valence electrons. The number of amides is 5. The van der Waals surface area contributed by atoms with Gasteiger partial charge in [0, 0.05) is 13.5 Å². The van der Waals surface area contributed by atoms with E-state index >= 15 is 0 Å².